The minimum absolute atomic E-state index is 0.0816. The van der Waals surface area contributed by atoms with Gasteiger partial charge in [-0.2, -0.15) is 0 Å². The summed E-state index contributed by atoms with van der Waals surface area (Å²) in [5.74, 6) is 1.28. The first-order valence-electron chi connectivity index (χ1n) is 4.56. The van der Waals surface area contributed by atoms with E-state index in [1.54, 1.807) is 31.2 Å². The number of hydrogen-bond donors (Lipinski definition) is 1. The van der Waals surface area contributed by atoms with Crippen LogP contribution in [0.2, 0.25) is 0 Å². The highest BCUT2D eigenvalue weighted by molar-refractivity contribution is 5.57. The number of benzene rings is 1. The first kappa shape index (κ1) is 9.52. The summed E-state index contributed by atoms with van der Waals surface area (Å²) in [5.41, 5.74) is 0.690. The minimum atomic E-state index is -0.0816. The van der Waals surface area contributed by atoms with E-state index >= 15 is 0 Å². The SMILES string of the molecule is Cc1cc(=O)cc(-c2ccc(O)cc2)o1. The summed E-state index contributed by atoms with van der Waals surface area (Å²) in [4.78, 5) is 11.2. The fourth-order valence-electron chi connectivity index (χ4n) is 1.37. The van der Waals surface area contributed by atoms with Gasteiger partial charge < -0.3 is 9.52 Å². The molecule has 0 unspecified atom stereocenters. The highest BCUT2D eigenvalue weighted by Crippen LogP contribution is 2.21. The van der Waals surface area contributed by atoms with Crippen molar-refractivity contribution >= 4 is 0 Å². The molecule has 3 nitrogen and oxygen atoms in total. The molecule has 0 bridgehead atoms. The van der Waals surface area contributed by atoms with Gasteiger partial charge in [-0.3, -0.25) is 4.79 Å². The zero-order valence-electron chi connectivity index (χ0n) is 8.23. The third kappa shape index (κ3) is 2.07. The van der Waals surface area contributed by atoms with Crippen molar-refractivity contribution in [3.05, 3.63) is 52.4 Å². The van der Waals surface area contributed by atoms with E-state index in [1.807, 2.05) is 0 Å². The average molecular weight is 202 g/mol. The maximum Gasteiger partial charge on any atom is 0.185 e. The predicted molar refractivity (Wildman–Crippen MR) is 56.8 cm³/mol. The van der Waals surface area contributed by atoms with E-state index in [0.29, 0.717) is 11.5 Å². The van der Waals surface area contributed by atoms with Crippen LogP contribution in [0.15, 0.2) is 45.6 Å². The van der Waals surface area contributed by atoms with Crippen molar-refractivity contribution in [2.24, 2.45) is 0 Å². The van der Waals surface area contributed by atoms with Crippen molar-refractivity contribution in [2.45, 2.75) is 6.92 Å². The molecular formula is C12H10O3. The second-order valence-electron chi connectivity index (χ2n) is 3.31. The lowest BCUT2D eigenvalue weighted by Crippen LogP contribution is -1.97. The summed E-state index contributed by atoms with van der Waals surface area (Å²) in [6.07, 6.45) is 0. The molecule has 1 N–H and O–H groups in total. The van der Waals surface area contributed by atoms with Gasteiger partial charge in [0.15, 0.2) is 5.43 Å². The molecule has 0 aliphatic carbocycles. The lowest BCUT2D eigenvalue weighted by Gasteiger charge is -2.01. The van der Waals surface area contributed by atoms with Crippen LogP contribution in [0.4, 0.5) is 0 Å². The molecule has 2 rings (SSSR count). The Hall–Kier alpha value is -2.03. The first-order chi connectivity index (χ1) is 7.15. The summed E-state index contributed by atoms with van der Waals surface area (Å²) >= 11 is 0. The van der Waals surface area contributed by atoms with E-state index in [9.17, 15) is 4.79 Å². The molecule has 76 valence electrons. The minimum Gasteiger partial charge on any atom is -0.508 e. The maximum absolute atomic E-state index is 11.2. The Morgan fingerprint density at radius 1 is 1.13 bits per heavy atom. The zero-order valence-corrected chi connectivity index (χ0v) is 8.23. The summed E-state index contributed by atoms with van der Waals surface area (Å²) in [5, 5.41) is 9.12. The van der Waals surface area contributed by atoms with Gasteiger partial charge in [-0.1, -0.05) is 0 Å². The Morgan fingerprint density at radius 3 is 2.40 bits per heavy atom. The Morgan fingerprint density at radius 2 is 1.80 bits per heavy atom. The van der Waals surface area contributed by atoms with Gasteiger partial charge in [0.1, 0.15) is 17.3 Å². The Labute approximate surface area is 86.6 Å². The second kappa shape index (κ2) is 3.61. The van der Waals surface area contributed by atoms with Gasteiger partial charge in [0.2, 0.25) is 0 Å². The molecule has 1 aromatic carbocycles. The molecule has 1 aromatic heterocycles. The molecular weight excluding hydrogens is 192 g/mol. The molecule has 0 radical (unpaired) electrons. The monoisotopic (exact) mass is 202 g/mol. The van der Waals surface area contributed by atoms with E-state index in [4.69, 9.17) is 9.52 Å². The number of hydrogen-bond acceptors (Lipinski definition) is 3. The maximum atomic E-state index is 11.2. The molecule has 3 heteroatoms. The molecule has 0 saturated heterocycles. The summed E-state index contributed by atoms with van der Waals surface area (Å²) in [6, 6.07) is 9.37. The lowest BCUT2D eigenvalue weighted by molar-refractivity contribution is 0.475. The van der Waals surface area contributed by atoms with Gasteiger partial charge in [-0.25, -0.2) is 0 Å². The van der Waals surface area contributed by atoms with Crippen molar-refractivity contribution in [2.75, 3.05) is 0 Å². The number of phenolic OH excluding ortho intramolecular Hbond substituents is 1. The van der Waals surface area contributed by atoms with Gasteiger partial charge in [0.05, 0.1) is 0 Å². The van der Waals surface area contributed by atoms with Crippen LogP contribution in [0.3, 0.4) is 0 Å². The molecule has 0 atom stereocenters. The summed E-state index contributed by atoms with van der Waals surface area (Å²) in [7, 11) is 0. The van der Waals surface area contributed by atoms with Crippen LogP contribution in [0.1, 0.15) is 5.76 Å². The molecule has 0 fully saturated rings. The smallest absolute Gasteiger partial charge is 0.185 e. The van der Waals surface area contributed by atoms with E-state index < -0.39 is 0 Å². The van der Waals surface area contributed by atoms with E-state index in [2.05, 4.69) is 0 Å². The van der Waals surface area contributed by atoms with Gasteiger partial charge in [0, 0.05) is 17.7 Å². The zero-order chi connectivity index (χ0) is 10.8. The van der Waals surface area contributed by atoms with Crippen LogP contribution in [0.25, 0.3) is 11.3 Å². The van der Waals surface area contributed by atoms with Crippen LogP contribution in [-0.2, 0) is 0 Å². The number of aromatic hydroxyl groups is 1. The van der Waals surface area contributed by atoms with Gasteiger partial charge >= 0.3 is 0 Å². The molecule has 1 heterocycles. The van der Waals surface area contributed by atoms with E-state index in [1.165, 1.54) is 12.1 Å². The van der Waals surface area contributed by atoms with Crippen LogP contribution in [-0.4, -0.2) is 5.11 Å². The highest BCUT2D eigenvalue weighted by Gasteiger charge is 2.02. The van der Waals surface area contributed by atoms with Crippen molar-refractivity contribution in [1.82, 2.24) is 0 Å². The normalized spacial score (nSPS) is 10.2. The second-order valence-corrected chi connectivity index (χ2v) is 3.31. The van der Waals surface area contributed by atoms with Crippen LogP contribution >= 0.6 is 0 Å². The standard InChI is InChI=1S/C12H10O3/c1-8-6-11(14)7-12(15-8)9-2-4-10(13)5-3-9/h2-7,13H,1H3. The van der Waals surface area contributed by atoms with Crippen molar-refractivity contribution in [3.63, 3.8) is 0 Å². The highest BCUT2D eigenvalue weighted by atomic mass is 16.3. The van der Waals surface area contributed by atoms with Gasteiger partial charge in [-0.15, -0.1) is 0 Å². The van der Waals surface area contributed by atoms with Crippen LogP contribution in [0, 0.1) is 6.92 Å². The third-order valence-corrected chi connectivity index (χ3v) is 2.04. The Kier molecular flexibility index (Phi) is 2.29. The molecule has 0 saturated carbocycles. The fourth-order valence-corrected chi connectivity index (χ4v) is 1.37. The third-order valence-electron chi connectivity index (χ3n) is 2.04. The number of rotatable bonds is 1. The largest absolute Gasteiger partial charge is 0.508 e. The van der Waals surface area contributed by atoms with Crippen LogP contribution in [0.5, 0.6) is 5.75 Å². The molecule has 0 aliphatic heterocycles. The molecule has 2 aromatic rings. The Bertz CT molecular complexity index is 523. The molecule has 0 amide bonds. The number of phenols is 1. The van der Waals surface area contributed by atoms with Gasteiger partial charge in [0.25, 0.3) is 0 Å². The molecule has 15 heavy (non-hydrogen) atoms. The van der Waals surface area contributed by atoms with Crippen molar-refractivity contribution < 1.29 is 9.52 Å². The van der Waals surface area contributed by atoms with Crippen molar-refractivity contribution in [3.8, 4) is 17.1 Å². The topological polar surface area (TPSA) is 50.4 Å². The van der Waals surface area contributed by atoms with Crippen LogP contribution < -0.4 is 5.43 Å². The quantitative estimate of drug-likeness (QED) is 0.772. The average Bonchev–Trinajstić information content (AvgIpc) is 2.17. The predicted octanol–water partition coefficient (Wildman–Crippen LogP) is 2.32. The van der Waals surface area contributed by atoms with E-state index in [0.717, 1.165) is 5.56 Å². The molecule has 0 aliphatic rings. The fraction of sp³-hybridized carbons (Fsp3) is 0.0833. The Balaban J connectivity index is 2.54. The van der Waals surface area contributed by atoms with E-state index in [-0.39, 0.29) is 11.2 Å². The molecule has 0 spiro atoms. The summed E-state index contributed by atoms with van der Waals surface area (Å²) < 4.78 is 5.40. The van der Waals surface area contributed by atoms with Crippen molar-refractivity contribution in [1.29, 1.82) is 0 Å². The number of aryl methyl sites for hydroxylation is 1. The lowest BCUT2D eigenvalue weighted by atomic mass is 10.1. The first-order valence-corrected chi connectivity index (χ1v) is 4.56. The van der Waals surface area contributed by atoms with Gasteiger partial charge in [-0.05, 0) is 31.2 Å². The summed E-state index contributed by atoms with van der Waals surface area (Å²) in [6.45, 7) is 1.73.